The van der Waals surface area contributed by atoms with Gasteiger partial charge in [-0.15, -0.1) is 5.10 Å². The summed E-state index contributed by atoms with van der Waals surface area (Å²) in [5.41, 5.74) is 0.317. The molecule has 0 saturated carbocycles. The van der Waals surface area contributed by atoms with Crippen LogP contribution in [0, 0.1) is 0 Å². The van der Waals surface area contributed by atoms with Gasteiger partial charge in [0, 0.05) is 10.4 Å². The number of hydrogen-bond donors (Lipinski definition) is 1. The van der Waals surface area contributed by atoms with Gasteiger partial charge in [0.2, 0.25) is 5.89 Å². The highest BCUT2D eigenvalue weighted by Crippen LogP contribution is 2.20. The van der Waals surface area contributed by atoms with Crippen molar-refractivity contribution >= 4 is 11.6 Å². The van der Waals surface area contributed by atoms with Crippen molar-refractivity contribution in [1.29, 1.82) is 0 Å². The predicted molar refractivity (Wildman–Crippen MR) is 75.9 cm³/mol. The van der Waals surface area contributed by atoms with Crippen LogP contribution in [0.25, 0.3) is 0 Å². The van der Waals surface area contributed by atoms with Crippen LogP contribution in [0.5, 0.6) is 0 Å². The third-order valence-electron chi connectivity index (χ3n) is 2.85. The summed E-state index contributed by atoms with van der Waals surface area (Å²) in [6.07, 6.45) is -0.845. The molecular weight excluding hydrogens is 280 g/mol. The minimum Gasteiger partial charge on any atom is -0.392 e. The third kappa shape index (κ3) is 3.29. The molecule has 1 N–H and O–H groups in total. The summed E-state index contributed by atoms with van der Waals surface area (Å²) in [6, 6.07) is 6.80. The van der Waals surface area contributed by atoms with E-state index in [1.165, 1.54) is 0 Å². The molecule has 1 aromatic heterocycles. The fourth-order valence-corrected chi connectivity index (χ4v) is 1.80. The minimum absolute atomic E-state index is 0.0417. The van der Waals surface area contributed by atoms with E-state index in [-0.39, 0.29) is 12.0 Å². The van der Waals surface area contributed by atoms with Crippen molar-refractivity contribution in [3.8, 4) is 0 Å². The Hall–Kier alpha value is -1.59. The zero-order chi connectivity index (χ0) is 14.9. The van der Waals surface area contributed by atoms with Crippen LogP contribution in [-0.2, 0) is 12.0 Å². The maximum absolute atomic E-state index is 11.7. The van der Waals surface area contributed by atoms with E-state index >= 15 is 0 Å². The largest absolute Gasteiger partial charge is 0.437 e. The Morgan fingerprint density at radius 3 is 2.45 bits per heavy atom. The quantitative estimate of drug-likeness (QED) is 0.945. The molecule has 0 bridgehead atoms. The molecule has 108 valence electrons. The van der Waals surface area contributed by atoms with Gasteiger partial charge in [-0.25, -0.2) is 4.79 Å². The molecule has 0 aliphatic carbocycles. The number of nitrogens with zero attached hydrogens (tertiary/aromatic N) is 2. The van der Waals surface area contributed by atoms with Gasteiger partial charge in [0.25, 0.3) is 0 Å². The number of aliphatic hydroxyl groups is 1. The minimum atomic E-state index is -0.845. The van der Waals surface area contributed by atoms with Crippen molar-refractivity contribution in [2.75, 3.05) is 0 Å². The third-order valence-corrected chi connectivity index (χ3v) is 3.10. The first-order chi connectivity index (χ1) is 9.27. The van der Waals surface area contributed by atoms with Crippen molar-refractivity contribution in [2.45, 2.75) is 38.8 Å². The molecule has 5 nitrogen and oxygen atoms in total. The molecule has 1 heterocycles. The van der Waals surface area contributed by atoms with Crippen LogP contribution in [0.15, 0.2) is 33.5 Å². The second kappa shape index (κ2) is 5.42. The molecule has 1 unspecified atom stereocenters. The van der Waals surface area contributed by atoms with Gasteiger partial charge in [-0.2, -0.15) is 4.68 Å². The van der Waals surface area contributed by atoms with Crippen LogP contribution in [0.2, 0.25) is 5.02 Å². The lowest BCUT2D eigenvalue weighted by Crippen LogP contribution is -2.20. The summed E-state index contributed by atoms with van der Waals surface area (Å²) < 4.78 is 6.24. The van der Waals surface area contributed by atoms with Crippen LogP contribution < -0.4 is 5.76 Å². The van der Waals surface area contributed by atoms with Gasteiger partial charge in [0.15, 0.2) is 0 Å². The van der Waals surface area contributed by atoms with Gasteiger partial charge in [0.05, 0.1) is 12.6 Å². The van der Waals surface area contributed by atoms with Gasteiger partial charge >= 0.3 is 5.76 Å². The lowest BCUT2D eigenvalue weighted by atomic mass is 9.97. The van der Waals surface area contributed by atoms with E-state index in [0.29, 0.717) is 16.5 Å². The molecule has 1 aromatic carbocycles. The Morgan fingerprint density at radius 2 is 1.95 bits per heavy atom. The van der Waals surface area contributed by atoms with Crippen LogP contribution in [0.1, 0.15) is 38.3 Å². The first-order valence-electron chi connectivity index (χ1n) is 6.29. The van der Waals surface area contributed by atoms with Gasteiger partial charge in [-0.1, -0.05) is 44.5 Å². The van der Waals surface area contributed by atoms with Crippen LogP contribution >= 0.6 is 11.6 Å². The number of aromatic nitrogens is 2. The van der Waals surface area contributed by atoms with Crippen LogP contribution in [0.3, 0.4) is 0 Å². The lowest BCUT2D eigenvalue weighted by Gasteiger charge is -2.12. The average molecular weight is 297 g/mol. The zero-order valence-electron chi connectivity index (χ0n) is 11.6. The van der Waals surface area contributed by atoms with E-state index in [4.69, 9.17) is 16.0 Å². The maximum Gasteiger partial charge on any atom is 0.437 e. The molecule has 1 atom stereocenters. The molecule has 0 aliphatic rings. The van der Waals surface area contributed by atoms with E-state index in [2.05, 4.69) is 5.10 Å². The highest BCUT2D eigenvalue weighted by Gasteiger charge is 2.23. The number of halogens is 1. The van der Waals surface area contributed by atoms with E-state index < -0.39 is 11.9 Å². The van der Waals surface area contributed by atoms with Crippen molar-refractivity contribution in [3.05, 3.63) is 51.3 Å². The zero-order valence-corrected chi connectivity index (χ0v) is 12.4. The van der Waals surface area contributed by atoms with Crippen molar-refractivity contribution in [1.82, 2.24) is 9.78 Å². The molecule has 0 radical (unpaired) electrons. The predicted octanol–water partition coefficient (Wildman–Crippen LogP) is 2.52. The molecule has 20 heavy (non-hydrogen) atoms. The second-order valence-electron chi connectivity index (χ2n) is 5.67. The molecule has 2 rings (SSSR count). The van der Waals surface area contributed by atoms with E-state index in [1.807, 2.05) is 20.8 Å². The van der Waals surface area contributed by atoms with Gasteiger partial charge < -0.3 is 9.52 Å². The Kier molecular flexibility index (Phi) is 4.01. The Labute approximate surface area is 121 Å². The maximum atomic E-state index is 11.7. The fourth-order valence-electron chi connectivity index (χ4n) is 1.68. The van der Waals surface area contributed by atoms with Crippen LogP contribution in [0.4, 0.5) is 0 Å². The number of benzene rings is 1. The second-order valence-corrected chi connectivity index (χ2v) is 6.11. The molecule has 6 heteroatoms. The Bertz CT molecular complexity index is 638. The molecule has 0 saturated heterocycles. The lowest BCUT2D eigenvalue weighted by molar-refractivity contribution is 0.148. The SMILES string of the molecule is CC(C)(C)c1nn(CC(O)c2ccc(Cl)cc2)c(=O)o1. The van der Waals surface area contributed by atoms with Crippen molar-refractivity contribution in [2.24, 2.45) is 0 Å². The summed E-state index contributed by atoms with van der Waals surface area (Å²) in [5, 5.41) is 14.8. The standard InChI is InChI=1S/C14H17ClN2O3/c1-14(2,3)12-16-17(13(19)20-12)8-11(18)9-4-6-10(15)7-5-9/h4-7,11,18H,8H2,1-3H3. The highest BCUT2D eigenvalue weighted by molar-refractivity contribution is 6.30. The van der Waals surface area contributed by atoms with Crippen LogP contribution in [-0.4, -0.2) is 14.9 Å². The van der Waals surface area contributed by atoms with E-state index in [1.54, 1.807) is 24.3 Å². The first-order valence-corrected chi connectivity index (χ1v) is 6.67. The van der Waals surface area contributed by atoms with Gasteiger partial charge in [-0.3, -0.25) is 0 Å². The average Bonchev–Trinajstić information content (AvgIpc) is 2.71. The molecule has 0 amide bonds. The number of hydrogen-bond acceptors (Lipinski definition) is 4. The number of rotatable bonds is 3. The normalized spacial score (nSPS) is 13.4. The van der Waals surface area contributed by atoms with E-state index in [0.717, 1.165) is 4.68 Å². The van der Waals surface area contributed by atoms with E-state index in [9.17, 15) is 9.90 Å². The summed E-state index contributed by atoms with van der Waals surface area (Å²) in [7, 11) is 0. The van der Waals surface area contributed by atoms with Gasteiger partial charge in [-0.05, 0) is 17.7 Å². The summed E-state index contributed by atoms with van der Waals surface area (Å²) >= 11 is 5.79. The number of aliphatic hydroxyl groups excluding tert-OH is 1. The Morgan fingerprint density at radius 1 is 1.35 bits per heavy atom. The highest BCUT2D eigenvalue weighted by atomic mass is 35.5. The molecular formula is C14H17ClN2O3. The van der Waals surface area contributed by atoms with Crippen molar-refractivity contribution < 1.29 is 9.52 Å². The first kappa shape index (κ1) is 14.8. The molecule has 0 spiro atoms. The van der Waals surface area contributed by atoms with Gasteiger partial charge in [0.1, 0.15) is 0 Å². The topological polar surface area (TPSA) is 68.3 Å². The monoisotopic (exact) mass is 296 g/mol. The molecule has 2 aromatic rings. The summed E-state index contributed by atoms with van der Waals surface area (Å²) in [6.45, 7) is 5.74. The van der Waals surface area contributed by atoms with Crippen molar-refractivity contribution in [3.63, 3.8) is 0 Å². The smallest absolute Gasteiger partial charge is 0.392 e. The summed E-state index contributed by atoms with van der Waals surface area (Å²) in [5.74, 6) is -0.214. The summed E-state index contributed by atoms with van der Waals surface area (Å²) in [4.78, 5) is 11.7. The molecule has 0 aliphatic heterocycles. The Balaban J connectivity index is 2.20. The molecule has 0 fully saturated rings. The fraction of sp³-hybridized carbons (Fsp3) is 0.429.